The standard InChI is InChI=1S/C13H18ClN5O/c1-3-18-8-11(7-16-18)13(20)15-5-4-6-19-9-12(14)10(2)17-19/h7-9H,3-6H2,1-2H3,(H,15,20). The number of hydrogen-bond donors (Lipinski definition) is 1. The van der Waals surface area contributed by atoms with Crippen LogP contribution in [0.5, 0.6) is 0 Å². The van der Waals surface area contributed by atoms with E-state index in [1.807, 2.05) is 13.8 Å². The van der Waals surface area contributed by atoms with Crippen molar-refractivity contribution in [2.75, 3.05) is 6.54 Å². The molecule has 1 N–H and O–H groups in total. The van der Waals surface area contributed by atoms with Gasteiger partial charge in [-0.05, 0) is 20.3 Å². The lowest BCUT2D eigenvalue weighted by Gasteiger charge is -2.03. The predicted molar refractivity (Wildman–Crippen MR) is 76.8 cm³/mol. The summed E-state index contributed by atoms with van der Waals surface area (Å²) in [6.07, 6.45) is 5.91. The van der Waals surface area contributed by atoms with Crippen LogP contribution >= 0.6 is 11.6 Å². The van der Waals surface area contributed by atoms with E-state index in [0.717, 1.165) is 25.2 Å². The quantitative estimate of drug-likeness (QED) is 0.828. The zero-order chi connectivity index (χ0) is 14.5. The Morgan fingerprint density at radius 3 is 2.80 bits per heavy atom. The largest absolute Gasteiger partial charge is 0.352 e. The van der Waals surface area contributed by atoms with Gasteiger partial charge in [0.1, 0.15) is 0 Å². The van der Waals surface area contributed by atoms with E-state index >= 15 is 0 Å². The molecule has 0 aliphatic heterocycles. The Bertz CT molecular complexity index is 570. The molecule has 20 heavy (non-hydrogen) atoms. The van der Waals surface area contributed by atoms with E-state index in [1.54, 1.807) is 28.0 Å². The first-order valence-corrected chi connectivity index (χ1v) is 6.98. The van der Waals surface area contributed by atoms with Gasteiger partial charge in [0.2, 0.25) is 0 Å². The van der Waals surface area contributed by atoms with E-state index in [0.29, 0.717) is 17.1 Å². The maximum absolute atomic E-state index is 11.8. The number of amides is 1. The van der Waals surface area contributed by atoms with Crippen molar-refractivity contribution in [3.63, 3.8) is 0 Å². The number of aryl methyl sites for hydroxylation is 3. The summed E-state index contributed by atoms with van der Waals surface area (Å²) in [6.45, 7) is 5.92. The van der Waals surface area contributed by atoms with E-state index < -0.39 is 0 Å². The first-order valence-electron chi connectivity index (χ1n) is 6.60. The molecule has 2 aromatic heterocycles. The highest BCUT2D eigenvalue weighted by Crippen LogP contribution is 2.11. The van der Waals surface area contributed by atoms with Gasteiger partial charge < -0.3 is 5.32 Å². The molecule has 0 bridgehead atoms. The normalized spacial score (nSPS) is 10.8. The first kappa shape index (κ1) is 14.6. The number of carbonyl (C=O) groups excluding carboxylic acids is 1. The van der Waals surface area contributed by atoms with E-state index in [2.05, 4.69) is 15.5 Å². The first-order chi connectivity index (χ1) is 9.60. The van der Waals surface area contributed by atoms with E-state index in [9.17, 15) is 4.79 Å². The monoisotopic (exact) mass is 295 g/mol. The van der Waals surface area contributed by atoms with Crippen LogP contribution in [0.1, 0.15) is 29.4 Å². The van der Waals surface area contributed by atoms with Crippen molar-refractivity contribution in [3.05, 3.63) is 34.9 Å². The summed E-state index contributed by atoms with van der Waals surface area (Å²) in [5.74, 6) is -0.0978. The fraction of sp³-hybridized carbons (Fsp3) is 0.462. The van der Waals surface area contributed by atoms with Crippen LogP contribution in [0.2, 0.25) is 5.02 Å². The van der Waals surface area contributed by atoms with Crippen molar-refractivity contribution >= 4 is 17.5 Å². The number of aromatic nitrogens is 4. The molecule has 0 radical (unpaired) electrons. The van der Waals surface area contributed by atoms with Gasteiger partial charge in [-0.2, -0.15) is 10.2 Å². The van der Waals surface area contributed by atoms with Crippen molar-refractivity contribution in [2.45, 2.75) is 33.4 Å². The molecule has 0 atom stereocenters. The number of nitrogens with zero attached hydrogens (tertiary/aromatic N) is 4. The maximum atomic E-state index is 11.8. The van der Waals surface area contributed by atoms with Gasteiger partial charge in [-0.15, -0.1) is 0 Å². The molecule has 0 aliphatic rings. The summed E-state index contributed by atoms with van der Waals surface area (Å²) in [4.78, 5) is 11.8. The van der Waals surface area contributed by atoms with Crippen LogP contribution in [0.15, 0.2) is 18.6 Å². The molecule has 2 rings (SSSR count). The number of carbonyl (C=O) groups is 1. The van der Waals surface area contributed by atoms with Crippen LogP contribution in [0.4, 0.5) is 0 Å². The van der Waals surface area contributed by atoms with Gasteiger partial charge >= 0.3 is 0 Å². The third kappa shape index (κ3) is 3.60. The summed E-state index contributed by atoms with van der Waals surface area (Å²) in [6, 6.07) is 0. The van der Waals surface area contributed by atoms with Crippen LogP contribution in [0.3, 0.4) is 0 Å². The molecular formula is C13H18ClN5O. The molecule has 1 amide bonds. The van der Waals surface area contributed by atoms with E-state index in [-0.39, 0.29) is 5.91 Å². The number of nitrogens with one attached hydrogen (secondary N) is 1. The number of hydrogen-bond acceptors (Lipinski definition) is 3. The Kier molecular flexibility index (Phi) is 4.79. The van der Waals surface area contributed by atoms with Crippen molar-refractivity contribution < 1.29 is 4.79 Å². The lowest BCUT2D eigenvalue weighted by molar-refractivity contribution is 0.0952. The molecule has 0 aliphatic carbocycles. The second-order valence-corrected chi connectivity index (χ2v) is 4.93. The number of halogens is 1. The van der Waals surface area contributed by atoms with Crippen LogP contribution in [0.25, 0.3) is 0 Å². The zero-order valence-corrected chi connectivity index (χ0v) is 12.4. The van der Waals surface area contributed by atoms with Gasteiger partial charge in [0, 0.05) is 32.0 Å². The fourth-order valence-electron chi connectivity index (χ4n) is 1.81. The SMILES string of the molecule is CCn1cc(C(=O)NCCCn2cc(Cl)c(C)n2)cn1. The van der Waals surface area contributed by atoms with Crippen LogP contribution in [0, 0.1) is 6.92 Å². The summed E-state index contributed by atoms with van der Waals surface area (Å²) >= 11 is 5.93. The fourth-order valence-corrected chi connectivity index (χ4v) is 1.96. The van der Waals surface area contributed by atoms with Crippen LogP contribution < -0.4 is 5.32 Å². The minimum Gasteiger partial charge on any atom is -0.352 e. The maximum Gasteiger partial charge on any atom is 0.254 e. The lowest BCUT2D eigenvalue weighted by atomic mass is 10.3. The molecule has 108 valence electrons. The Morgan fingerprint density at radius 2 is 2.20 bits per heavy atom. The predicted octanol–water partition coefficient (Wildman–Crippen LogP) is 1.88. The van der Waals surface area contributed by atoms with Gasteiger partial charge in [-0.25, -0.2) is 0 Å². The molecule has 0 spiro atoms. The molecule has 0 saturated heterocycles. The van der Waals surface area contributed by atoms with Gasteiger partial charge in [0.25, 0.3) is 5.91 Å². The zero-order valence-electron chi connectivity index (χ0n) is 11.6. The molecule has 7 heteroatoms. The molecule has 0 saturated carbocycles. The molecule has 0 aromatic carbocycles. The molecule has 6 nitrogen and oxygen atoms in total. The second-order valence-electron chi connectivity index (χ2n) is 4.52. The highest BCUT2D eigenvalue weighted by molar-refractivity contribution is 6.31. The third-order valence-electron chi connectivity index (χ3n) is 2.96. The van der Waals surface area contributed by atoms with Crippen molar-refractivity contribution in [2.24, 2.45) is 0 Å². The van der Waals surface area contributed by atoms with Gasteiger partial charge in [0.15, 0.2) is 0 Å². The van der Waals surface area contributed by atoms with Crippen molar-refractivity contribution in [1.29, 1.82) is 0 Å². The Balaban J connectivity index is 1.74. The summed E-state index contributed by atoms with van der Waals surface area (Å²) in [5.41, 5.74) is 1.41. The second kappa shape index (κ2) is 6.56. The number of rotatable bonds is 6. The Morgan fingerprint density at radius 1 is 1.40 bits per heavy atom. The lowest BCUT2D eigenvalue weighted by Crippen LogP contribution is -2.25. The molecule has 2 heterocycles. The molecule has 2 aromatic rings. The molecular weight excluding hydrogens is 278 g/mol. The minimum absolute atomic E-state index is 0.0978. The third-order valence-corrected chi connectivity index (χ3v) is 3.33. The highest BCUT2D eigenvalue weighted by Gasteiger charge is 2.07. The minimum atomic E-state index is -0.0978. The Labute approximate surface area is 122 Å². The summed E-state index contributed by atoms with van der Waals surface area (Å²) in [7, 11) is 0. The average molecular weight is 296 g/mol. The topological polar surface area (TPSA) is 64.7 Å². The van der Waals surface area contributed by atoms with Crippen molar-refractivity contribution in [1.82, 2.24) is 24.9 Å². The Hall–Kier alpha value is -1.82. The van der Waals surface area contributed by atoms with E-state index in [1.165, 1.54) is 0 Å². The van der Waals surface area contributed by atoms with Crippen LogP contribution in [-0.4, -0.2) is 32.0 Å². The summed E-state index contributed by atoms with van der Waals surface area (Å²) in [5, 5.41) is 11.9. The smallest absolute Gasteiger partial charge is 0.254 e. The molecule has 0 fully saturated rings. The summed E-state index contributed by atoms with van der Waals surface area (Å²) < 4.78 is 3.52. The van der Waals surface area contributed by atoms with Crippen molar-refractivity contribution in [3.8, 4) is 0 Å². The van der Waals surface area contributed by atoms with Gasteiger partial charge in [0.05, 0.1) is 22.5 Å². The van der Waals surface area contributed by atoms with Crippen LogP contribution in [-0.2, 0) is 13.1 Å². The highest BCUT2D eigenvalue weighted by atomic mass is 35.5. The molecule has 0 unspecified atom stereocenters. The van der Waals surface area contributed by atoms with Gasteiger partial charge in [-0.3, -0.25) is 14.2 Å². The average Bonchev–Trinajstić information content (AvgIpc) is 3.02. The van der Waals surface area contributed by atoms with Gasteiger partial charge in [-0.1, -0.05) is 11.6 Å². The van der Waals surface area contributed by atoms with E-state index in [4.69, 9.17) is 11.6 Å².